The fraction of sp³-hybridized carbons (Fsp3) is 0.900. The van der Waals surface area contributed by atoms with Crippen molar-refractivity contribution < 1.29 is 9.90 Å². The summed E-state index contributed by atoms with van der Waals surface area (Å²) in [6.45, 7) is 6.62. The lowest BCUT2D eigenvalue weighted by Crippen LogP contribution is -2.53. The average molecular weight is 217 g/mol. The third-order valence-corrected chi connectivity index (χ3v) is 3.36. The van der Waals surface area contributed by atoms with Crippen LogP contribution in [0, 0.1) is 5.92 Å². The summed E-state index contributed by atoms with van der Waals surface area (Å²) in [6.07, 6.45) is 0.0555. The summed E-state index contributed by atoms with van der Waals surface area (Å²) < 4.78 is 0. The Morgan fingerprint density at radius 1 is 1.50 bits per heavy atom. The molecule has 0 radical (unpaired) electrons. The minimum Gasteiger partial charge on any atom is -0.391 e. The molecule has 0 bridgehead atoms. The van der Waals surface area contributed by atoms with Gasteiger partial charge in [0.2, 0.25) is 5.91 Å². The van der Waals surface area contributed by atoms with E-state index >= 15 is 0 Å². The molecule has 0 aromatic carbocycles. The summed E-state index contributed by atoms with van der Waals surface area (Å²) in [5, 5.41) is 9.22. The first kappa shape index (κ1) is 11.9. The molecule has 0 spiro atoms. The van der Waals surface area contributed by atoms with Crippen LogP contribution >= 0.6 is 12.6 Å². The molecule has 1 aliphatic heterocycles. The minimum absolute atomic E-state index is 0.0554. The maximum absolute atomic E-state index is 11.8. The predicted octanol–water partition coefficient (Wildman–Crippen LogP) is 0.922. The van der Waals surface area contributed by atoms with E-state index < -0.39 is 6.10 Å². The van der Waals surface area contributed by atoms with E-state index in [0.29, 0.717) is 18.9 Å². The Hall–Kier alpha value is -0.220. The highest BCUT2D eigenvalue weighted by Gasteiger charge is 2.34. The van der Waals surface area contributed by atoms with Crippen LogP contribution in [0.3, 0.4) is 0 Å². The zero-order valence-corrected chi connectivity index (χ0v) is 9.87. The fourth-order valence-electron chi connectivity index (χ4n) is 1.67. The van der Waals surface area contributed by atoms with Crippen molar-refractivity contribution in [1.82, 2.24) is 4.90 Å². The quantitative estimate of drug-likeness (QED) is 0.675. The first-order valence-corrected chi connectivity index (χ1v) is 5.61. The Bertz CT molecular complexity index is 220. The van der Waals surface area contributed by atoms with Gasteiger partial charge in [-0.2, -0.15) is 12.6 Å². The Morgan fingerprint density at radius 3 is 2.57 bits per heavy atom. The summed E-state index contributed by atoms with van der Waals surface area (Å²) >= 11 is 4.19. The normalized spacial score (nSPS) is 31.0. The number of aliphatic hydroxyl groups is 1. The second kappa shape index (κ2) is 4.53. The van der Waals surface area contributed by atoms with E-state index in [4.69, 9.17) is 0 Å². The van der Waals surface area contributed by atoms with Crippen LogP contribution in [0.1, 0.15) is 27.2 Å². The highest BCUT2D eigenvalue weighted by atomic mass is 32.1. The molecule has 4 heteroatoms. The molecule has 0 saturated carbocycles. The second-order valence-corrected chi connectivity index (χ2v) is 5.00. The van der Waals surface area contributed by atoms with Crippen LogP contribution in [-0.2, 0) is 4.79 Å². The standard InChI is InChI=1S/C10H19NO2S/c1-6(2)7(3)11-5-8(12)4-9(14)10(11)13/h6-9,12,14H,4-5H2,1-3H3. The van der Waals surface area contributed by atoms with Gasteiger partial charge in [-0.05, 0) is 19.3 Å². The van der Waals surface area contributed by atoms with Crippen molar-refractivity contribution in [2.24, 2.45) is 5.92 Å². The van der Waals surface area contributed by atoms with Crippen LogP contribution in [-0.4, -0.2) is 39.9 Å². The number of likely N-dealkylation sites (tertiary alicyclic amines) is 1. The zero-order chi connectivity index (χ0) is 10.9. The molecule has 1 heterocycles. The summed E-state index contributed by atoms with van der Waals surface area (Å²) in [5.41, 5.74) is 0. The second-order valence-electron chi connectivity index (χ2n) is 4.38. The van der Waals surface area contributed by atoms with Gasteiger partial charge in [-0.3, -0.25) is 4.79 Å². The number of carbonyl (C=O) groups is 1. The average Bonchev–Trinajstić information content (AvgIpc) is 2.09. The molecule has 1 rings (SSSR count). The van der Waals surface area contributed by atoms with Crippen molar-refractivity contribution in [2.45, 2.75) is 44.6 Å². The smallest absolute Gasteiger partial charge is 0.235 e. The van der Waals surface area contributed by atoms with Gasteiger partial charge in [-0.1, -0.05) is 13.8 Å². The Morgan fingerprint density at radius 2 is 2.07 bits per heavy atom. The van der Waals surface area contributed by atoms with Gasteiger partial charge in [0.1, 0.15) is 0 Å². The van der Waals surface area contributed by atoms with Crippen LogP contribution in [0.25, 0.3) is 0 Å². The van der Waals surface area contributed by atoms with Gasteiger partial charge in [0.15, 0.2) is 0 Å². The molecule has 3 nitrogen and oxygen atoms in total. The van der Waals surface area contributed by atoms with Crippen molar-refractivity contribution in [3.63, 3.8) is 0 Å². The van der Waals surface area contributed by atoms with Gasteiger partial charge in [-0.25, -0.2) is 0 Å². The van der Waals surface area contributed by atoms with Crippen molar-refractivity contribution in [1.29, 1.82) is 0 Å². The maximum atomic E-state index is 11.8. The van der Waals surface area contributed by atoms with E-state index in [9.17, 15) is 9.90 Å². The first-order valence-electron chi connectivity index (χ1n) is 5.10. The molecule has 0 aromatic rings. The van der Waals surface area contributed by atoms with Crippen LogP contribution in [0.2, 0.25) is 0 Å². The number of carbonyl (C=O) groups excluding carboxylic acids is 1. The lowest BCUT2D eigenvalue weighted by molar-refractivity contribution is -0.139. The number of piperidine rings is 1. The lowest BCUT2D eigenvalue weighted by Gasteiger charge is -2.39. The largest absolute Gasteiger partial charge is 0.391 e. The molecule has 0 aromatic heterocycles. The molecular formula is C10H19NO2S. The number of hydrogen-bond acceptors (Lipinski definition) is 3. The molecule has 14 heavy (non-hydrogen) atoms. The molecule has 82 valence electrons. The number of hydrogen-bond donors (Lipinski definition) is 2. The number of rotatable bonds is 2. The number of aliphatic hydroxyl groups excluding tert-OH is 1. The number of β-amino-alcohol motifs (C(OH)–C–C–N with tert-alkyl or cyclic N) is 1. The van der Waals surface area contributed by atoms with Crippen molar-refractivity contribution >= 4 is 18.5 Å². The van der Waals surface area contributed by atoms with Crippen LogP contribution in [0.15, 0.2) is 0 Å². The van der Waals surface area contributed by atoms with E-state index in [-0.39, 0.29) is 17.2 Å². The van der Waals surface area contributed by atoms with Gasteiger partial charge in [0.25, 0.3) is 0 Å². The zero-order valence-electron chi connectivity index (χ0n) is 8.97. The molecule has 1 fully saturated rings. The van der Waals surface area contributed by atoms with Gasteiger partial charge in [0.05, 0.1) is 11.4 Å². The topological polar surface area (TPSA) is 40.5 Å². The van der Waals surface area contributed by atoms with E-state index in [1.165, 1.54) is 0 Å². The molecule has 1 N–H and O–H groups in total. The van der Waals surface area contributed by atoms with Crippen LogP contribution in [0.4, 0.5) is 0 Å². The molecule has 1 aliphatic rings. The molecule has 1 amide bonds. The van der Waals surface area contributed by atoms with E-state index in [0.717, 1.165) is 0 Å². The maximum Gasteiger partial charge on any atom is 0.235 e. The predicted molar refractivity (Wildman–Crippen MR) is 59.4 cm³/mol. The molecule has 3 atom stereocenters. The number of nitrogens with zero attached hydrogens (tertiary/aromatic N) is 1. The number of amides is 1. The van der Waals surface area contributed by atoms with E-state index in [1.807, 2.05) is 6.92 Å². The minimum atomic E-state index is -0.420. The summed E-state index contributed by atoms with van der Waals surface area (Å²) in [7, 11) is 0. The molecule has 1 saturated heterocycles. The van der Waals surface area contributed by atoms with Crippen LogP contribution in [0.5, 0.6) is 0 Å². The Kier molecular flexibility index (Phi) is 3.84. The van der Waals surface area contributed by atoms with Crippen molar-refractivity contribution in [2.75, 3.05) is 6.54 Å². The molecule has 0 aliphatic carbocycles. The third-order valence-electron chi connectivity index (χ3n) is 2.93. The highest BCUT2D eigenvalue weighted by molar-refractivity contribution is 7.81. The summed E-state index contributed by atoms with van der Waals surface area (Å²) in [5.74, 6) is 0.463. The van der Waals surface area contributed by atoms with Gasteiger partial charge in [0, 0.05) is 12.6 Å². The highest BCUT2D eigenvalue weighted by Crippen LogP contribution is 2.21. The summed E-state index contributed by atoms with van der Waals surface area (Å²) in [6, 6.07) is 0.173. The lowest BCUT2D eigenvalue weighted by atomic mass is 9.99. The molecular weight excluding hydrogens is 198 g/mol. The summed E-state index contributed by atoms with van der Waals surface area (Å²) in [4.78, 5) is 13.5. The monoisotopic (exact) mass is 217 g/mol. The van der Waals surface area contributed by atoms with Gasteiger partial charge < -0.3 is 10.0 Å². The third kappa shape index (κ3) is 2.42. The van der Waals surface area contributed by atoms with Crippen LogP contribution < -0.4 is 0 Å². The SMILES string of the molecule is CC(C)C(C)N1CC(O)CC(S)C1=O. The number of thiol groups is 1. The van der Waals surface area contributed by atoms with Crippen molar-refractivity contribution in [3.8, 4) is 0 Å². The Labute approximate surface area is 90.9 Å². The molecule has 3 unspecified atom stereocenters. The van der Waals surface area contributed by atoms with Gasteiger partial charge >= 0.3 is 0 Å². The first-order chi connectivity index (χ1) is 6.43. The van der Waals surface area contributed by atoms with Gasteiger partial charge in [-0.15, -0.1) is 0 Å². The van der Waals surface area contributed by atoms with E-state index in [1.54, 1.807) is 4.90 Å². The van der Waals surface area contributed by atoms with Crippen molar-refractivity contribution in [3.05, 3.63) is 0 Å². The Balaban J connectivity index is 2.71. The van der Waals surface area contributed by atoms with E-state index in [2.05, 4.69) is 26.5 Å². The fourth-order valence-corrected chi connectivity index (χ4v) is 2.06.